The number of nitrogens with zero attached hydrogens (tertiary/aromatic N) is 1. The van der Waals surface area contributed by atoms with Crippen LogP contribution >= 0.6 is 11.8 Å². The van der Waals surface area contributed by atoms with Crippen LogP contribution in [0, 0.1) is 10.8 Å². The van der Waals surface area contributed by atoms with E-state index in [0.717, 1.165) is 16.8 Å². The van der Waals surface area contributed by atoms with E-state index in [1.165, 1.54) is 42.8 Å². The molecular weight excluding hydrogens is 603 g/mol. The summed E-state index contributed by atoms with van der Waals surface area (Å²) in [5.41, 5.74) is 8.11. The number of allylic oxidation sites excluding steroid dienone is 2. The van der Waals surface area contributed by atoms with E-state index in [0.29, 0.717) is 11.4 Å². The largest absolute Gasteiger partial charge is 0.300 e. The second-order valence-electron chi connectivity index (χ2n) is 11.9. The molecule has 1 aromatic heterocycles. The minimum atomic E-state index is -0.566. The van der Waals surface area contributed by atoms with Crippen molar-refractivity contribution in [3.63, 3.8) is 0 Å². The van der Waals surface area contributed by atoms with Gasteiger partial charge in [0.2, 0.25) is 0 Å². The Morgan fingerprint density at radius 3 is 1.94 bits per heavy atom. The van der Waals surface area contributed by atoms with E-state index in [2.05, 4.69) is 115 Å². The van der Waals surface area contributed by atoms with Crippen LogP contribution in [0.25, 0.3) is 22.0 Å². The lowest BCUT2D eigenvalue weighted by atomic mass is 9.64. The highest BCUT2D eigenvalue weighted by Gasteiger charge is 2.44. The first-order valence-corrected chi connectivity index (χ1v) is 16.8. The Hall–Kier alpha value is -5.84. The molecule has 0 aliphatic carbocycles. The molecule has 2 heterocycles. The van der Waals surface area contributed by atoms with Crippen molar-refractivity contribution in [1.29, 1.82) is 10.8 Å². The number of nitrogens with one attached hydrogen (secondary N) is 2. The van der Waals surface area contributed by atoms with Crippen LogP contribution in [0.1, 0.15) is 33.5 Å². The molecule has 228 valence electrons. The Bertz CT molecular complexity index is 2310. The third-order valence-electron chi connectivity index (χ3n) is 9.12. The van der Waals surface area contributed by atoms with Crippen molar-refractivity contribution in [3.05, 3.63) is 209 Å². The van der Waals surface area contributed by atoms with Crippen LogP contribution < -0.4 is 0 Å². The highest BCUT2D eigenvalue weighted by atomic mass is 32.2. The van der Waals surface area contributed by atoms with E-state index >= 15 is 0 Å². The molecule has 2 N–H and O–H groups in total. The third-order valence-corrected chi connectivity index (χ3v) is 10.3. The van der Waals surface area contributed by atoms with E-state index < -0.39 is 5.41 Å². The molecule has 8 rings (SSSR count). The van der Waals surface area contributed by atoms with Gasteiger partial charge >= 0.3 is 0 Å². The fraction of sp³-hybridized carbons (Fsp3) is 0.0227. The molecule has 0 amide bonds. The van der Waals surface area contributed by atoms with Crippen LogP contribution in [0.4, 0.5) is 0 Å². The molecule has 0 unspecified atom stereocenters. The summed E-state index contributed by atoms with van der Waals surface area (Å²) in [7, 11) is 0. The van der Waals surface area contributed by atoms with Crippen molar-refractivity contribution >= 4 is 34.0 Å². The average Bonchev–Trinajstić information content (AvgIpc) is 3.16. The lowest BCUT2D eigenvalue weighted by Crippen LogP contribution is -2.34. The Balaban J connectivity index is 1.28. The molecular formula is C44H31N3S. The van der Waals surface area contributed by atoms with Gasteiger partial charge in [-0.05, 0) is 75.0 Å². The van der Waals surface area contributed by atoms with Gasteiger partial charge in [0, 0.05) is 15.4 Å². The highest BCUT2D eigenvalue weighted by molar-refractivity contribution is 7.99. The van der Waals surface area contributed by atoms with Gasteiger partial charge in [-0.2, -0.15) is 0 Å². The summed E-state index contributed by atoms with van der Waals surface area (Å²) >= 11 is 1.84. The number of benzene rings is 6. The zero-order valence-electron chi connectivity index (χ0n) is 26.1. The Labute approximate surface area is 284 Å². The molecule has 1 aliphatic heterocycles. The molecule has 48 heavy (non-hydrogen) atoms. The molecule has 4 heteroatoms. The van der Waals surface area contributed by atoms with E-state index in [9.17, 15) is 0 Å². The number of fused-ring (bicyclic) bond motifs is 4. The smallest absolute Gasteiger partial charge is 0.0886 e. The SMILES string of the molecule is N=C(/C=C\C(=N)c1cccc(-c2ccc3c(c2)C(c2ccccc2)(c2ccccc2)c2ccc4ccccc4c2S3)n1)c1ccccc1. The maximum absolute atomic E-state index is 8.78. The van der Waals surface area contributed by atoms with Gasteiger partial charge in [0.05, 0.1) is 28.2 Å². The van der Waals surface area contributed by atoms with Crippen molar-refractivity contribution < 1.29 is 0 Å². The molecule has 0 radical (unpaired) electrons. The Morgan fingerprint density at radius 2 is 1.21 bits per heavy atom. The van der Waals surface area contributed by atoms with Gasteiger partial charge in [-0.3, -0.25) is 5.41 Å². The number of aromatic nitrogens is 1. The Morgan fingerprint density at radius 1 is 0.562 bits per heavy atom. The molecule has 0 bridgehead atoms. The van der Waals surface area contributed by atoms with Crippen LogP contribution in [0.5, 0.6) is 0 Å². The summed E-state index contributed by atoms with van der Waals surface area (Å²) in [6.45, 7) is 0. The van der Waals surface area contributed by atoms with Gasteiger partial charge in [-0.15, -0.1) is 0 Å². The summed E-state index contributed by atoms with van der Waals surface area (Å²) in [5, 5.41) is 19.7. The maximum atomic E-state index is 8.78. The Kier molecular flexibility index (Phi) is 7.64. The van der Waals surface area contributed by atoms with E-state index in [1.807, 2.05) is 60.3 Å². The molecule has 7 aromatic rings. The van der Waals surface area contributed by atoms with Crippen molar-refractivity contribution in [3.8, 4) is 11.3 Å². The third kappa shape index (κ3) is 5.07. The predicted molar refractivity (Wildman–Crippen MR) is 199 cm³/mol. The van der Waals surface area contributed by atoms with E-state index in [4.69, 9.17) is 15.8 Å². The fourth-order valence-corrected chi connectivity index (χ4v) is 8.16. The monoisotopic (exact) mass is 633 g/mol. The maximum Gasteiger partial charge on any atom is 0.0886 e. The quantitative estimate of drug-likeness (QED) is 0.172. The van der Waals surface area contributed by atoms with Gasteiger partial charge in [0.25, 0.3) is 0 Å². The normalized spacial score (nSPS) is 13.2. The van der Waals surface area contributed by atoms with Gasteiger partial charge in [0.15, 0.2) is 0 Å². The predicted octanol–water partition coefficient (Wildman–Crippen LogP) is 10.7. The molecule has 1 aliphatic rings. The van der Waals surface area contributed by atoms with Crippen LogP contribution in [-0.4, -0.2) is 16.4 Å². The summed E-state index contributed by atoms with van der Waals surface area (Å²) in [6, 6.07) is 57.0. The molecule has 0 atom stereocenters. The van der Waals surface area contributed by atoms with Crippen LogP contribution in [0.3, 0.4) is 0 Å². The van der Waals surface area contributed by atoms with Gasteiger partial charge in [0.1, 0.15) is 0 Å². The second-order valence-corrected chi connectivity index (χ2v) is 12.9. The fourth-order valence-electron chi connectivity index (χ4n) is 6.85. The lowest BCUT2D eigenvalue weighted by molar-refractivity contribution is 0.706. The minimum Gasteiger partial charge on any atom is -0.300 e. The average molecular weight is 634 g/mol. The lowest BCUT2D eigenvalue weighted by Gasteiger charge is -2.42. The molecule has 3 nitrogen and oxygen atoms in total. The standard InChI is InChI=1S/C44H31N3S/c45-38(31-14-4-1-5-15-31)26-27-39(46)41-22-12-21-40(47-41)32-24-28-42-37(29-32)44(33-16-6-2-7-17-33,34-18-8-3-9-19-34)36-25-23-30-13-10-11-20-35(30)43(36)48-42/h1-29,45-46H/b27-26-,45-38?,46-39?. The number of rotatable bonds is 7. The van der Waals surface area contributed by atoms with Crippen LogP contribution in [0.2, 0.25) is 0 Å². The van der Waals surface area contributed by atoms with Crippen molar-refractivity contribution in [2.45, 2.75) is 15.2 Å². The van der Waals surface area contributed by atoms with Crippen LogP contribution in [0.15, 0.2) is 186 Å². The summed E-state index contributed by atoms with van der Waals surface area (Å²) in [6.07, 6.45) is 3.32. The number of hydrogen-bond acceptors (Lipinski definition) is 4. The van der Waals surface area contributed by atoms with Crippen LogP contribution in [-0.2, 0) is 5.41 Å². The van der Waals surface area contributed by atoms with E-state index in [1.54, 1.807) is 12.2 Å². The summed E-state index contributed by atoms with van der Waals surface area (Å²) < 4.78 is 0. The first-order chi connectivity index (χ1) is 23.6. The van der Waals surface area contributed by atoms with E-state index in [-0.39, 0.29) is 5.71 Å². The highest BCUT2D eigenvalue weighted by Crippen LogP contribution is 2.57. The number of hydrogen-bond donors (Lipinski definition) is 2. The molecule has 0 saturated heterocycles. The summed E-state index contributed by atoms with van der Waals surface area (Å²) in [5.74, 6) is 0. The van der Waals surface area contributed by atoms with Gasteiger partial charge in [-0.1, -0.05) is 151 Å². The first kappa shape index (κ1) is 29.6. The zero-order chi connectivity index (χ0) is 32.5. The van der Waals surface area contributed by atoms with Crippen molar-refractivity contribution in [2.24, 2.45) is 0 Å². The topological polar surface area (TPSA) is 60.6 Å². The molecule has 0 saturated carbocycles. The minimum absolute atomic E-state index is 0.259. The first-order valence-electron chi connectivity index (χ1n) is 16.0. The molecule has 0 fully saturated rings. The van der Waals surface area contributed by atoms with Gasteiger partial charge in [-0.25, -0.2) is 4.98 Å². The summed E-state index contributed by atoms with van der Waals surface area (Å²) in [4.78, 5) is 7.46. The van der Waals surface area contributed by atoms with Crippen molar-refractivity contribution in [2.75, 3.05) is 0 Å². The zero-order valence-corrected chi connectivity index (χ0v) is 26.9. The second kappa shape index (κ2) is 12.4. The molecule has 0 spiro atoms. The van der Waals surface area contributed by atoms with Gasteiger partial charge < -0.3 is 5.41 Å². The van der Waals surface area contributed by atoms with Crippen molar-refractivity contribution in [1.82, 2.24) is 4.98 Å². The molecule has 6 aromatic carbocycles. The number of pyridine rings is 1.